The van der Waals surface area contributed by atoms with Crippen LogP contribution >= 0.6 is 0 Å². The summed E-state index contributed by atoms with van der Waals surface area (Å²) in [6.07, 6.45) is -14.3. The average molecular weight is 586 g/mol. The summed E-state index contributed by atoms with van der Waals surface area (Å²) in [5.74, 6) is 0. The zero-order valence-electron chi connectivity index (χ0n) is 22.5. The molecule has 0 aliphatic carbocycles. The Morgan fingerprint density at radius 1 is 0.692 bits per heavy atom. The molecule has 12 heteroatoms. The van der Waals surface area contributed by atoms with Gasteiger partial charge in [0.15, 0.2) is 8.32 Å². The quantitative estimate of drug-likeness (QED) is 0.279. The van der Waals surface area contributed by atoms with Crippen LogP contribution in [0.2, 0.25) is 18.1 Å². The molecule has 1 fully saturated rings. The molecule has 1 aliphatic rings. The zero-order valence-corrected chi connectivity index (χ0v) is 23.5. The Morgan fingerprint density at radius 2 is 1.08 bits per heavy atom. The van der Waals surface area contributed by atoms with E-state index in [0.29, 0.717) is 25.1 Å². The molecule has 0 aromatic heterocycles. The first kappa shape index (κ1) is 31.5. The number of halogens is 9. The summed E-state index contributed by atoms with van der Waals surface area (Å²) in [5.41, 5.74) is -6.76. The molecule has 3 rings (SSSR count). The number of hydrogen-bond acceptors (Lipinski definition) is 2. The number of benzene rings is 2. The Balaban J connectivity index is 2.55. The van der Waals surface area contributed by atoms with Gasteiger partial charge in [-0.3, -0.25) is 0 Å². The summed E-state index contributed by atoms with van der Waals surface area (Å²) in [7, 11) is -3.06. The van der Waals surface area contributed by atoms with Crippen molar-refractivity contribution >= 4 is 8.32 Å². The van der Waals surface area contributed by atoms with Gasteiger partial charge < -0.3 is 9.74 Å². The van der Waals surface area contributed by atoms with Crippen LogP contribution in [-0.4, -0.2) is 20.9 Å². The molecule has 2 nitrogen and oxygen atoms in total. The first-order chi connectivity index (χ1) is 17.5. The fourth-order valence-electron chi connectivity index (χ4n) is 4.68. The zero-order chi connectivity index (χ0) is 29.8. The maximum absolute atomic E-state index is 14.0. The molecule has 1 heterocycles. The van der Waals surface area contributed by atoms with Gasteiger partial charge in [-0.1, -0.05) is 32.4 Å². The molecule has 0 bridgehead atoms. The smallest absolute Gasteiger partial charge is 0.402 e. The molecular formula is C27H32F9NOSi. The van der Waals surface area contributed by atoms with E-state index in [2.05, 4.69) is 5.32 Å². The second-order valence-electron chi connectivity index (χ2n) is 11.6. The van der Waals surface area contributed by atoms with Crippen LogP contribution < -0.4 is 5.32 Å². The maximum atomic E-state index is 14.0. The number of alkyl halides is 9. The van der Waals surface area contributed by atoms with Gasteiger partial charge in [-0.2, -0.15) is 39.5 Å². The molecule has 2 aromatic rings. The van der Waals surface area contributed by atoms with Crippen LogP contribution in [0.5, 0.6) is 0 Å². The summed E-state index contributed by atoms with van der Waals surface area (Å²) >= 11 is 0. The monoisotopic (exact) mass is 585 g/mol. The molecule has 0 spiro atoms. The molecule has 1 N–H and O–H groups in total. The third kappa shape index (κ3) is 6.48. The van der Waals surface area contributed by atoms with Crippen LogP contribution in [0.3, 0.4) is 0 Å². The van der Waals surface area contributed by atoms with Crippen LogP contribution in [0.1, 0.15) is 67.0 Å². The molecule has 0 saturated carbocycles. The van der Waals surface area contributed by atoms with Gasteiger partial charge in [-0.15, -0.1) is 0 Å². The van der Waals surface area contributed by atoms with Crippen molar-refractivity contribution in [2.75, 3.05) is 6.54 Å². The van der Waals surface area contributed by atoms with E-state index < -0.39 is 65.8 Å². The van der Waals surface area contributed by atoms with Crippen molar-refractivity contribution in [3.8, 4) is 0 Å². The van der Waals surface area contributed by atoms with Gasteiger partial charge in [0.05, 0.1) is 16.7 Å². The van der Waals surface area contributed by atoms with Crippen molar-refractivity contribution in [2.45, 2.75) is 88.8 Å². The standard InChI is InChI=1S/C27H32F9NOSi/c1-16-10-17(12-19(11-16)25(28,29)30)24(22-8-7-9-37-22,38-39(5,6)23(2,3)4)18-13-20(26(31,32)33)15-21(14-18)27(34,35)36/h10-15,22,37H,7-9H2,1-6H3/t22-,24?/m1/s1. The predicted molar refractivity (Wildman–Crippen MR) is 133 cm³/mol. The van der Waals surface area contributed by atoms with Crippen molar-refractivity contribution in [3.05, 3.63) is 69.8 Å². The lowest BCUT2D eigenvalue weighted by atomic mass is 9.77. The van der Waals surface area contributed by atoms with Crippen LogP contribution in [0.15, 0.2) is 36.4 Å². The Bertz CT molecular complexity index is 1160. The van der Waals surface area contributed by atoms with Crippen molar-refractivity contribution in [2.24, 2.45) is 0 Å². The molecule has 0 radical (unpaired) electrons. The highest BCUT2D eigenvalue weighted by molar-refractivity contribution is 6.74. The predicted octanol–water partition coefficient (Wildman–Crippen LogP) is 9.07. The number of rotatable bonds is 5. The van der Waals surface area contributed by atoms with Gasteiger partial charge in [0.1, 0.15) is 5.60 Å². The van der Waals surface area contributed by atoms with E-state index in [-0.39, 0.29) is 23.6 Å². The largest absolute Gasteiger partial charge is 0.416 e. The van der Waals surface area contributed by atoms with E-state index >= 15 is 0 Å². The third-order valence-electron chi connectivity index (χ3n) is 7.62. The van der Waals surface area contributed by atoms with E-state index in [9.17, 15) is 39.5 Å². The molecule has 218 valence electrons. The third-order valence-corrected chi connectivity index (χ3v) is 12.1. The van der Waals surface area contributed by atoms with E-state index in [1.165, 1.54) is 13.0 Å². The Kier molecular flexibility index (Phi) is 8.15. The SMILES string of the molecule is Cc1cc(C(F)(F)F)cc(C(O[Si](C)(C)C(C)(C)C)(c2cc(C(F)(F)F)cc(C(F)(F)F)c2)[C@H]2CCCN2)c1. The van der Waals surface area contributed by atoms with E-state index in [4.69, 9.17) is 4.43 Å². The molecule has 2 aromatic carbocycles. The number of aryl methyl sites for hydroxylation is 1. The fourth-order valence-corrected chi connectivity index (χ4v) is 6.16. The molecule has 1 saturated heterocycles. The summed E-state index contributed by atoms with van der Waals surface area (Å²) < 4.78 is 132. The van der Waals surface area contributed by atoms with Crippen LogP contribution in [-0.2, 0) is 28.6 Å². The van der Waals surface area contributed by atoms with Crippen LogP contribution in [0, 0.1) is 6.92 Å². The molecule has 0 amide bonds. The highest BCUT2D eigenvalue weighted by atomic mass is 28.4. The second kappa shape index (κ2) is 10.1. The Hall–Kier alpha value is -2.05. The van der Waals surface area contributed by atoms with E-state index in [0.717, 1.165) is 12.1 Å². The average Bonchev–Trinajstić information content (AvgIpc) is 3.29. The summed E-state index contributed by atoms with van der Waals surface area (Å²) in [6.45, 7) is 10.8. The minimum atomic E-state index is -5.15. The van der Waals surface area contributed by atoms with Crippen LogP contribution in [0.25, 0.3) is 0 Å². The van der Waals surface area contributed by atoms with E-state index in [1.807, 2.05) is 20.8 Å². The van der Waals surface area contributed by atoms with Gasteiger partial charge in [-0.05, 0) is 85.9 Å². The normalized spacial score (nSPS) is 19.3. The topological polar surface area (TPSA) is 21.3 Å². The molecule has 39 heavy (non-hydrogen) atoms. The summed E-state index contributed by atoms with van der Waals surface area (Å²) in [5, 5.41) is 2.53. The summed E-state index contributed by atoms with van der Waals surface area (Å²) in [6, 6.07) is 3.31. The van der Waals surface area contributed by atoms with Gasteiger partial charge in [-0.25, -0.2) is 0 Å². The summed E-state index contributed by atoms with van der Waals surface area (Å²) in [4.78, 5) is 0. The van der Waals surface area contributed by atoms with Crippen molar-refractivity contribution < 1.29 is 43.9 Å². The molecule has 1 unspecified atom stereocenters. The number of nitrogens with one attached hydrogen (secondary N) is 1. The highest BCUT2D eigenvalue weighted by Crippen LogP contribution is 2.50. The van der Waals surface area contributed by atoms with Crippen molar-refractivity contribution in [1.29, 1.82) is 0 Å². The van der Waals surface area contributed by atoms with Gasteiger partial charge >= 0.3 is 18.5 Å². The highest BCUT2D eigenvalue weighted by Gasteiger charge is 2.53. The van der Waals surface area contributed by atoms with Crippen molar-refractivity contribution in [3.63, 3.8) is 0 Å². The lowest BCUT2D eigenvalue weighted by Crippen LogP contribution is -2.56. The van der Waals surface area contributed by atoms with Gasteiger partial charge in [0.25, 0.3) is 0 Å². The number of hydrogen-bond donors (Lipinski definition) is 1. The maximum Gasteiger partial charge on any atom is 0.416 e. The molecule has 2 atom stereocenters. The Morgan fingerprint density at radius 3 is 1.46 bits per heavy atom. The minimum Gasteiger partial charge on any atom is -0.402 e. The van der Waals surface area contributed by atoms with Crippen molar-refractivity contribution in [1.82, 2.24) is 5.32 Å². The minimum absolute atomic E-state index is 0.0139. The second-order valence-corrected chi connectivity index (χ2v) is 16.4. The fraction of sp³-hybridized carbons (Fsp3) is 0.556. The van der Waals surface area contributed by atoms with Crippen LogP contribution in [0.4, 0.5) is 39.5 Å². The lowest BCUT2D eigenvalue weighted by molar-refractivity contribution is -0.143. The first-order valence-corrected chi connectivity index (χ1v) is 15.3. The van der Waals surface area contributed by atoms with E-state index in [1.54, 1.807) is 13.1 Å². The lowest BCUT2D eigenvalue weighted by Gasteiger charge is -2.49. The first-order valence-electron chi connectivity index (χ1n) is 12.4. The molecular weight excluding hydrogens is 553 g/mol. The Labute approximate surface area is 223 Å². The molecule has 1 aliphatic heterocycles. The van der Waals surface area contributed by atoms with Gasteiger partial charge in [0, 0.05) is 6.04 Å². The van der Waals surface area contributed by atoms with Gasteiger partial charge in [0.2, 0.25) is 0 Å².